The summed E-state index contributed by atoms with van der Waals surface area (Å²) in [6.07, 6.45) is 2.10. The first-order valence-electron chi connectivity index (χ1n) is 6.20. The highest BCUT2D eigenvalue weighted by Gasteiger charge is 2.25. The molecule has 0 aliphatic carbocycles. The van der Waals surface area contributed by atoms with E-state index in [-0.39, 0.29) is 5.71 Å². The zero-order valence-electron chi connectivity index (χ0n) is 12.5. The molecule has 0 aliphatic rings. The smallest absolute Gasteiger partial charge is 0.353 e. The molecule has 0 aromatic rings. The molecule has 0 spiro atoms. The van der Waals surface area contributed by atoms with Crippen LogP contribution in [0, 0.1) is 11.3 Å². The zero-order chi connectivity index (χ0) is 15.2. The molecule has 0 saturated heterocycles. The van der Waals surface area contributed by atoms with Crippen LogP contribution >= 0.6 is 0 Å². The van der Waals surface area contributed by atoms with Gasteiger partial charge in [-0.15, -0.1) is 0 Å². The fourth-order valence-electron chi connectivity index (χ4n) is 1.42. The van der Waals surface area contributed by atoms with Crippen LogP contribution in [-0.2, 0) is 19.1 Å². The molecule has 0 aromatic heterocycles. The van der Waals surface area contributed by atoms with Crippen molar-refractivity contribution in [2.24, 2.45) is 5.92 Å². The number of ether oxygens (including phenoxy) is 2. The third-order valence-electron chi connectivity index (χ3n) is 2.39. The van der Waals surface area contributed by atoms with E-state index in [4.69, 9.17) is 10.1 Å². The molecule has 0 rings (SSSR count). The summed E-state index contributed by atoms with van der Waals surface area (Å²) in [7, 11) is 1.29. The van der Waals surface area contributed by atoms with E-state index in [1.165, 1.54) is 7.11 Å². The van der Waals surface area contributed by atoms with Crippen LogP contribution in [0.1, 0.15) is 41.0 Å². The molecule has 0 radical (unpaired) electrons. The monoisotopic (exact) mass is 269 g/mol. The first-order chi connectivity index (χ1) is 8.62. The van der Waals surface area contributed by atoms with Gasteiger partial charge in [0, 0.05) is 11.5 Å². The van der Waals surface area contributed by atoms with Gasteiger partial charge in [0.2, 0.25) is 0 Å². The van der Waals surface area contributed by atoms with Gasteiger partial charge in [0.15, 0.2) is 0 Å². The first-order valence-corrected chi connectivity index (χ1v) is 6.20. The molecule has 1 atom stereocenters. The number of methoxy groups -OCH3 is 1. The van der Waals surface area contributed by atoms with E-state index in [1.807, 2.05) is 6.92 Å². The van der Waals surface area contributed by atoms with Crippen LogP contribution in [0.2, 0.25) is 0 Å². The number of rotatable bonds is 5. The number of nitrogens with one attached hydrogen (secondary N) is 1. The van der Waals surface area contributed by atoms with E-state index in [0.717, 1.165) is 0 Å². The minimum Gasteiger partial charge on any atom is -0.466 e. The van der Waals surface area contributed by atoms with Crippen molar-refractivity contribution in [1.29, 1.82) is 5.41 Å². The third-order valence-corrected chi connectivity index (χ3v) is 2.39. The number of esters is 2. The number of hydrogen-bond acceptors (Lipinski definition) is 5. The average molecular weight is 269 g/mol. The van der Waals surface area contributed by atoms with Crippen molar-refractivity contribution < 1.29 is 19.1 Å². The minimum atomic E-state index is -0.659. The quantitative estimate of drug-likeness (QED) is 0.472. The molecule has 0 bridgehead atoms. The Morgan fingerprint density at radius 2 is 1.79 bits per heavy atom. The van der Waals surface area contributed by atoms with Crippen molar-refractivity contribution in [3.63, 3.8) is 0 Å². The largest absolute Gasteiger partial charge is 0.466 e. The molecule has 5 heteroatoms. The fraction of sp³-hybridized carbons (Fsp3) is 0.643. The Morgan fingerprint density at radius 3 is 2.16 bits per heavy atom. The van der Waals surface area contributed by atoms with Gasteiger partial charge in [-0.25, -0.2) is 9.59 Å². The highest BCUT2D eigenvalue weighted by Crippen LogP contribution is 2.15. The number of allylic oxidation sites excluding steroid dienone is 1. The van der Waals surface area contributed by atoms with Crippen molar-refractivity contribution in [3.05, 3.63) is 11.6 Å². The molecule has 0 saturated carbocycles. The molecule has 5 nitrogen and oxygen atoms in total. The van der Waals surface area contributed by atoms with Gasteiger partial charge in [-0.2, -0.15) is 0 Å². The molecule has 19 heavy (non-hydrogen) atoms. The molecule has 0 aromatic carbocycles. The molecular formula is C14H23NO4. The van der Waals surface area contributed by atoms with Crippen molar-refractivity contribution in [1.82, 2.24) is 0 Å². The maximum absolute atomic E-state index is 11.8. The topological polar surface area (TPSA) is 76.5 Å². The van der Waals surface area contributed by atoms with Crippen LogP contribution in [0.5, 0.6) is 0 Å². The van der Waals surface area contributed by atoms with Crippen molar-refractivity contribution in [2.75, 3.05) is 7.11 Å². The predicted molar refractivity (Wildman–Crippen MR) is 73.1 cm³/mol. The Bertz CT molecular complexity index is 391. The van der Waals surface area contributed by atoms with Gasteiger partial charge in [0.1, 0.15) is 11.3 Å². The first kappa shape index (κ1) is 17.4. The lowest BCUT2D eigenvalue weighted by atomic mass is 9.97. The maximum atomic E-state index is 11.8. The van der Waals surface area contributed by atoms with E-state index in [1.54, 1.807) is 33.8 Å². The Balaban J connectivity index is 4.93. The molecule has 0 aliphatic heterocycles. The van der Waals surface area contributed by atoms with Crippen molar-refractivity contribution in [2.45, 2.75) is 46.6 Å². The van der Waals surface area contributed by atoms with Gasteiger partial charge in [-0.3, -0.25) is 5.41 Å². The van der Waals surface area contributed by atoms with Crippen LogP contribution < -0.4 is 0 Å². The lowest BCUT2D eigenvalue weighted by Crippen LogP contribution is -2.31. The molecule has 1 N–H and O–H groups in total. The summed E-state index contributed by atoms with van der Waals surface area (Å²) in [5.74, 6) is -1.57. The summed E-state index contributed by atoms with van der Waals surface area (Å²) < 4.78 is 9.73. The van der Waals surface area contributed by atoms with Gasteiger partial charge >= 0.3 is 11.9 Å². The van der Waals surface area contributed by atoms with Crippen LogP contribution in [-0.4, -0.2) is 30.4 Å². The van der Waals surface area contributed by atoms with Crippen molar-refractivity contribution in [3.8, 4) is 0 Å². The summed E-state index contributed by atoms with van der Waals surface area (Å²) in [6.45, 7) is 8.67. The van der Waals surface area contributed by atoms with E-state index in [2.05, 4.69) is 4.74 Å². The van der Waals surface area contributed by atoms with Crippen molar-refractivity contribution >= 4 is 17.7 Å². The third kappa shape index (κ3) is 6.18. The van der Waals surface area contributed by atoms with E-state index < -0.39 is 23.5 Å². The highest BCUT2D eigenvalue weighted by molar-refractivity contribution is 6.36. The molecule has 0 unspecified atom stereocenters. The summed E-state index contributed by atoms with van der Waals surface area (Å²) in [5.41, 5.74) is -0.411. The van der Waals surface area contributed by atoms with Crippen LogP contribution in [0.4, 0.5) is 0 Å². The average Bonchev–Trinajstić information content (AvgIpc) is 2.31. The Labute approximate surface area is 114 Å². The molecule has 108 valence electrons. The molecule has 0 fully saturated rings. The van der Waals surface area contributed by atoms with Gasteiger partial charge in [-0.1, -0.05) is 13.0 Å². The van der Waals surface area contributed by atoms with Gasteiger partial charge in [-0.05, 0) is 34.1 Å². The molecular weight excluding hydrogens is 246 g/mol. The Morgan fingerprint density at radius 1 is 1.26 bits per heavy atom. The Hall–Kier alpha value is -1.65. The lowest BCUT2D eigenvalue weighted by molar-refractivity contribution is -0.146. The fourth-order valence-corrected chi connectivity index (χ4v) is 1.42. The van der Waals surface area contributed by atoms with Gasteiger partial charge in [0.05, 0.1) is 7.11 Å². The number of carbonyl (C=O) groups is 2. The van der Waals surface area contributed by atoms with Gasteiger partial charge < -0.3 is 9.47 Å². The van der Waals surface area contributed by atoms with Gasteiger partial charge in [0.25, 0.3) is 0 Å². The lowest BCUT2D eigenvalue weighted by Gasteiger charge is -2.21. The van der Waals surface area contributed by atoms with Crippen LogP contribution in [0.3, 0.4) is 0 Å². The standard InChI is InChI=1S/C14H23NO4/c1-7-10(8-9(2)12(16)18-6)11(15)13(17)19-14(3,4)5/h8,10,15H,7H2,1-6H3/t10-/m0/s1. The SMILES string of the molecule is CC[C@@H](C=C(C)C(=O)OC)C(=N)C(=O)OC(C)(C)C. The summed E-state index contributed by atoms with van der Waals surface area (Å²) >= 11 is 0. The summed E-state index contributed by atoms with van der Waals surface area (Å²) in [6, 6.07) is 0. The maximum Gasteiger partial charge on any atom is 0.353 e. The highest BCUT2D eigenvalue weighted by atomic mass is 16.6. The van der Waals surface area contributed by atoms with E-state index in [9.17, 15) is 9.59 Å². The second kappa shape index (κ2) is 7.07. The van der Waals surface area contributed by atoms with Crippen LogP contribution in [0.15, 0.2) is 11.6 Å². The summed E-state index contributed by atoms with van der Waals surface area (Å²) in [5, 5.41) is 7.85. The van der Waals surface area contributed by atoms with Crippen LogP contribution in [0.25, 0.3) is 0 Å². The zero-order valence-corrected chi connectivity index (χ0v) is 12.5. The second-order valence-electron chi connectivity index (χ2n) is 5.27. The molecule has 0 heterocycles. The summed E-state index contributed by atoms with van der Waals surface area (Å²) in [4.78, 5) is 23.1. The van der Waals surface area contributed by atoms with E-state index in [0.29, 0.717) is 12.0 Å². The minimum absolute atomic E-state index is 0.152. The predicted octanol–water partition coefficient (Wildman–Crippen LogP) is 2.49. The number of carbonyl (C=O) groups excluding carboxylic acids is 2. The molecule has 0 amide bonds. The number of hydrogen-bond donors (Lipinski definition) is 1. The van der Waals surface area contributed by atoms with E-state index >= 15 is 0 Å². The Kier molecular flexibility index (Phi) is 6.45. The normalized spacial score (nSPS) is 13.7. The second-order valence-corrected chi connectivity index (χ2v) is 5.27.